The van der Waals surface area contributed by atoms with Gasteiger partial charge in [0.1, 0.15) is 0 Å². The SMILES string of the molecule is Cn1c(=O)oc2cc(S(=O)(=O)NCc3cn[nH]c3)ccc21. The van der Waals surface area contributed by atoms with Crippen LogP contribution in [0.1, 0.15) is 5.56 Å². The van der Waals surface area contributed by atoms with Crippen LogP contribution in [0, 0.1) is 0 Å². The van der Waals surface area contributed by atoms with Crippen LogP contribution in [-0.4, -0.2) is 23.2 Å². The van der Waals surface area contributed by atoms with Gasteiger partial charge in [0.25, 0.3) is 0 Å². The molecule has 0 aliphatic carbocycles. The van der Waals surface area contributed by atoms with Crippen LogP contribution >= 0.6 is 0 Å². The Kier molecular flexibility index (Phi) is 3.15. The third-order valence-electron chi connectivity index (χ3n) is 3.10. The summed E-state index contributed by atoms with van der Waals surface area (Å²) in [4.78, 5) is 11.4. The van der Waals surface area contributed by atoms with E-state index in [0.717, 1.165) is 0 Å². The fraction of sp³-hybridized carbons (Fsp3) is 0.167. The molecule has 2 aromatic heterocycles. The second-order valence-electron chi connectivity index (χ2n) is 4.49. The molecular formula is C12H12N4O4S. The van der Waals surface area contributed by atoms with Crippen LogP contribution in [0.2, 0.25) is 0 Å². The van der Waals surface area contributed by atoms with Gasteiger partial charge in [0.05, 0.1) is 16.6 Å². The van der Waals surface area contributed by atoms with E-state index in [0.29, 0.717) is 11.1 Å². The zero-order valence-electron chi connectivity index (χ0n) is 11.0. The van der Waals surface area contributed by atoms with Crippen LogP contribution in [0.4, 0.5) is 0 Å². The Labute approximate surface area is 119 Å². The van der Waals surface area contributed by atoms with Gasteiger partial charge in [-0.2, -0.15) is 5.10 Å². The lowest BCUT2D eigenvalue weighted by molar-refractivity contribution is 0.527. The van der Waals surface area contributed by atoms with Crippen LogP contribution in [0.25, 0.3) is 11.1 Å². The first-order valence-electron chi connectivity index (χ1n) is 6.04. The van der Waals surface area contributed by atoms with Gasteiger partial charge < -0.3 is 4.42 Å². The molecule has 9 heteroatoms. The van der Waals surface area contributed by atoms with E-state index in [1.165, 1.54) is 29.0 Å². The van der Waals surface area contributed by atoms with Crippen molar-refractivity contribution in [3.8, 4) is 0 Å². The second kappa shape index (κ2) is 4.86. The van der Waals surface area contributed by atoms with E-state index in [1.807, 2.05) is 0 Å². The summed E-state index contributed by atoms with van der Waals surface area (Å²) in [6.07, 6.45) is 3.13. The highest BCUT2D eigenvalue weighted by Crippen LogP contribution is 2.18. The number of nitrogens with one attached hydrogen (secondary N) is 2. The topological polar surface area (TPSA) is 110 Å². The van der Waals surface area contributed by atoms with Gasteiger partial charge >= 0.3 is 5.76 Å². The van der Waals surface area contributed by atoms with E-state index in [9.17, 15) is 13.2 Å². The van der Waals surface area contributed by atoms with Gasteiger partial charge in [0, 0.05) is 31.4 Å². The molecule has 21 heavy (non-hydrogen) atoms. The third kappa shape index (κ3) is 2.48. The van der Waals surface area contributed by atoms with Crippen molar-refractivity contribution >= 4 is 21.1 Å². The van der Waals surface area contributed by atoms with Crippen LogP contribution < -0.4 is 10.5 Å². The van der Waals surface area contributed by atoms with Gasteiger partial charge in [-0.3, -0.25) is 9.67 Å². The number of fused-ring (bicyclic) bond motifs is 1. The van der Waals surface area contributed by atoms with Gasteiger partial charge in [-0.1, -0.05) is 0 Å². The number of oxazole rings is 1. The summed E-state index contributed by atoms with van der Waals surface area (Å²) in [5.41, 5.74) is 1.48. The fourth-order valence-corrected chi connectivity index (χ4v) is 2.95. The molecule has 0 atom stereocenters. The number of H-pyrrole nitrogens is 1. The molecule has 110 valence electrons. The molecule has 1 aromatic carbocycles. The number of hydrogen-bond acceptors (Lipinski definition) is 5. The number of aromatic nitrogens is 3. The number of rotatable bonds is 4. The molecule has 0 unspecified atom stereocenters. The predicted molar refractivity (Wildman–Crippen MR) is 74.1 cm³/mol. The van der Waals surface area contributed by atoms with Gasteiger partial charge in [0.15, 0.2) is 5.58 Å². The Bertz CT molecular complexity index is 937. The highest BCUT2D eigenvalue weighted by atomic mass is 32.2. The first kappa shape index (κ1) is 13.6. The average molecular weight is 308 g/mol. The van der Waals surface area contributed by atoms with Crippen LogP contribution in [0.3, 0.4) is 0 Å². The molecule has 2 N–H and O–H groups in total. The van der Waals surface area contributed by atoms with Crippen molar-refractivity contribution in [3.05, 3.63) is 46.7 Å². The normalized spacial score (nSPS) is 12.0. The first-order valence-corrected chi connectivity index (χ1v) is 7.52. The van der Waals surface area contributed by atoms with Gasteiger partial charge in [0.2, 0.25) is 10.0 Å². The quantitative estimate of drug-likeness (QED) is 0.722. The van der Waals surface area contributed by atoms with Crippen molar-refractivity contribution in [1.29, 1.82) is 0 Å². The van der Waals surface area contributed by atoms with Crippen molar-refractivity contribution in [2.24, 2.45) is 7.05 Å². The molecule has 0 saturated heterocycles. The Morgan fingerprint density at radius 1 is 1.43 bits per heavy atom. The largest absolute Gasteiger partial charge is 0.419 e. The average Bonchev–Trinajstić information content (AvgIpc) is 3.06. The highest BCUT2D eigenvalue weighted by molar-refractivity contribution is 7.89. The van der Waals surface area contributed by atoms with Crippen LogP contribution in [0.5, 0.6) is 0 Å². The summed E-state index contributed by atoms with van der Waals surface area (Å²) < 4.78 is 33.1. The molecule has 0 saturated carbocycles. The highest BCUT2D eigenvalue weighted by Gasteiger charge is 2.16. The van der Waals surface area contributed by atoms with E-state index in [1.54, 1.807) is 13.2 Å². The summed E-state index contributed by atoms with van der Waals surface area (Å²) in [7, 11) is -2.14. The maximum Gasteiger partial charge on any atom is 0.419 e. The van der Waals surface area contributed by atoms with E-state index in [4.69, 9.17) is 4.42 Å². The minimum atomic E-state index is -3.69. The lowest BCUT2D eigenvalue weighted by Gasteiger charge is -2.05. The lowest BCUT2D eigenvalue weighted by Crippen LogP contribution is -2.23. The Morgan fingerprint density at radius 2 is 2.24 bits per heavy atom. The standard InChI is InChI=1S/C12H12N4O4S/c1-16-10-3-2-9(4-11(10)20-12(16)17)21(18,19)15-7-8-5-13-14-6-8/h2-6,15H,7H2,1H3,(H,13,14). The molecule has 0 fully saturated rings. The molecular weight excluding hydrogens is 296 g/mol. The molecule has 0 bridgehead atoms. The Morgan fingerprint density at radius 3 is 2.95 bits per heavy atom. The summed E-state index contributed by atoms with van der Waals surface area (Å²) in [5.74, 6) is -0.536. The van der Waals surface area contributed by atoms with Gasteiger partial charge in [-0.25, -0.2) is 17.9 Å². The molecule has 0 aliphatic rings. The minimum Gasteiger partial charge on any atom is -0.408 e. The van der Waals surface area contributed by atoms with Gasteiger partial charge in [-0.05, 0) is 12.1 Å². The molecule has 8 nitrogen and oxygen atoms in total. The number of sulfonamides is 1. The molecule has 0 amide bonds. The molecule has 2 heterocycles. The van der Waals surface area contributed by atoms with Crippen molar-refractivity contribution in [2.75, 3.05) is 0 Å². The zero-order chi connectivity index (χ0) is 15.0. The number of benzene rings is 1. The molecule has 3 aromatic rings. The summed E-state index contributed by atoms with van der Waals surface area (Å²) in [5, 5.41) is 6.34. The van der Waals surface area contributed by atoms with E-state index in [2.05, 4.69) is 14.9 Å². The summed E-state index contributed by atoms with van der Waals surface area (Å²) in [6.45, 7) is 0.121. The third-order valence-corrected chi connectivity index (χ3v) is 4.49. The van der Waals surface area contributed by atoms with E-state index < -0.39 is 15.8 Å². The van der Waals surface area contributed by atoms with Crippen molar-refractivity contribution in [2.45, 2.75) is 11.4 Å². The van der Waals surface area contributed by atoms with Crippen molar-refractivity contribution < 1.29 is 12.8 Å². The maximum atomic E-state index is 12.2. The number of nitrogens with zero attached hydrogens (tertiary/aromatic N) is 2. The molecule has 3 rings (SSSR count). The van der Waals surface area contributed by atoms with Crippen molar-refractivity contribution in [1.82, 2.24) is 19.5 Å². The lowest BCUT2D eigenvalue weighted by atomic mass is 10.3. The van der Waals surface area contributed by atoms with Crippen LogP contribution in [-0.2, 0) is 23.6 Å². The number of hydrogen-bond donors (Lipinski definition) is 2. The smallest absolute Gasteiger partial charge is 0.408 e. The van der Waals surface area contributed by atoms with Crippen molar-refractivity contribution in [3.63, 3.8) is 0 Å². The molecule has 0 spiro atoms. The first-order chi connectivity index (χ1) is 9.97. The Hall–Kier alpha value is -2.39. The monoisotopic (exact) mass is 308 g/mol. The second-order valence-corrected chi connectivity index (χ2v) is 6.25. The molecule has 0 aliphatic heterocycles. The minimum absolute atomic E-state index is 0.0350. The van der Waals surface area contributed by atoms with Crippen LogP contribution in [0.15, 0.2) is 44.7 Å². The molecule has 0 radical (unpaired) electrons. The van der Waals surface area contributed by atoms with Gasteiger partial charge in [-0.15, -0.1) is 0 Å². The van der Waals surface area contributed by atoms with E-state index in [-0.39, 0.29) is 17.0 Å². The maximum absolute atomic E-state index is 12.2. The zero-order valence-corrected chi connectivity index (χ0v) is 11.8. The predicted octanol–water partition coefficient (Wildman–Crippen LogP) is 0.333. The van der Waals surface area contributed by atoms with E-state index >= 15 is 0 Å². The number of aromatic amines is 1. The summed E-state index contributed by atoms with van der Waals surface area (Å²) >= 11 is 0. The number of aryl methyl sites for hydroxylation is 1. The fourth-order valence-electron chi connectivity index (χ4n) is 1.92. The summed E-state index contributed by atoms with van der Waals surface area (Å²) in [6, 6.07) is 4.29. The Balaban J connectivity index is 1.93.